The third-order valence-electron chi connectivity index (χ3n) is 2.72. The molecule has 5 nitrogen and oxygen atoms in total. The van der Waals surface area contributed by atoms with Gasteiger partial charge in [0.15, 0.2) is 0 Å². The van der Waals surface area contributed by atoms with Gasteiger partial charge >= 0.3 is 0 Å². The summed E-state index contributed by atoms with van der Waals surface area (Å²) in [6, 6.07) is 0. The lowest BCUT2D eigenvalue weighted by Gasteiger charge is -2.24. The van der Waals surface area contributed by atoms with Gasteiger partial charge in [-0.2, -0.15) is 0 Å². The standard InChI is InChI=1S/C12H24N2O3/c1-5-6-9(12(16)14-17-4)10(11(13)15)7-8(2)3/h8-10H,5-7H2,1-4H3,(H2,13,15)(H,14,16). The quantitative estimate of drug-likeness (QED) is 0.630. The molecule has 17 heavy (non-hydrogen) atoms. The Hall–Kier alpha value is -1.10. The Bertz CT molecular complexity index is 254. The Morgan fingerprint density at radius 1 is 1.29 bits per heavy atom. The van der Waals surface area contributed by atoms with Crippen LogP contribution in [-0.2, 0) is 14.4 Å². The normalized spacial score (nSPS) is 14.4. The second-order valence-corrected chi connectivity index (χ2v) is 4.70. The van der Waals surface area contributed by atoms with Crippen LogP contribution in [0.15, 0.2) is 0 Å². The molecule has 0 aromatic carbocycles. The zero-order valence-electron chi connectivity index (χ0n) is 11.2. The lowest BCUT2D eigenvalue weighted by Crippen LogP contribution is -2.40. The molecule has 0 rings (SSSR count). The van der Waals surface area contributed by atoms with E-state index in [-0.39, 0.29) is 5.91 Å². The van der Waals surface area contributed by atoms with Crippen LogP contribution in [0.4, 0.5) is 0 Å². The van der Waals surface area contributed by atoms with Crippen LogP contribution in [0.3, 0.4) is 0 Å². The maximum Gasteiger partial charge on any atom is 0.247 e. The number of nitrogens with one attached hydrogen (secondary N) is 1. The molecule has 2 unspecified atom stereocenters. The summed E-state index contributed by atoms with van der Waals surface area (Å²) in [5.41, 5.74) is 7.68. The van der Waals surface area contributed by atoms with E-state index in [1.807, 2.05) is 20.8 Å². The summed E-state index contributed by atoms with van der Waals surface area (Å²) in [7, 11) is 1.38. The van der Waals surface area contributed by atoms with Crippen LogP contribution in [0.25, 0.3) is 0 Å². The van der Waals surface area contributed by atoms with Crippen LogP contribution in [0, 0.1) is 17.8 Å². The summed E-state index contributed by atoms with van der Waals surface area (Å²) < 4.78 is 0. The molecule has 2 atom stereocenters. The number of hydrogen-bond acceptors (Lipinski definition) is 3. The molecule has 0 aliphatic carbocycles. The minimum Gasteiger partial charge on any atom is -0.369 e. The highest BCUT2D eigenvalue weighted by molar-refractivity contribution is 5.86. The van der Waals surface area contributed by atoms with E-state index in [4.69, 9.17) is 5.73 Å². The van der Waals surface area contributed by atoms with Gasteiger partial charge in [0.1, 0.15) is 0 Å². The van der Waals surface area contributed by atoms with Gasteiger partial charge in [0.2, 0.25) is 11.8 Å². The van der Waals surface area contributed by atoms with E-state index in [1.54, 1.807) is 0 Å². The summed E-state index contributed by atoms with van der Waals surface area (Å²) >= 11 is 0. The zero-order valence-corrected chi connectivity index (χ0v) is 11.2. The lowest BCUT2D eigenvalue weighted by molar-refractivity contribution is -0.141. The van der Waals surface area contributed by atoms with E-state index >= 15 is 0 Å². The van der Waals surface area contributed by atoms with Crippen molar-refractivity contribution < 1.29 is 14.4 Å². The number of rotatable bonds is 8. The van der Waals surface area contributed by atoms with E-state index in [1.165, 1.54) is 7.11 Å². The third-order valence-corrected chi connectivity index (χ3v) is 2.72. The van der Waals surface area contributed by atoms with Crippen LogP contribution in [0.2, 0.25) is 0 Å². The van der Waals surface area contributed by atoms with Crippen molar-refractivity contribution in [1.29, 1.82) is 0 Å². The molecule has 0 radical (unpaired) electrons. The van der Waals surface area contributed by atoms with Gasteiger partial charge in [0.05, 0.1) is 13.0 Å². The largest absolute Gasteiger partial charge is 0.369 e. The smallest absolute Gasteiger partial charge is 0.247 e. The average molecular weight is 244 g/mol. The molecule has 0 aromatic rings. The maximum absolute atomic E-state index is 11.8. The van der Waals surface area contributed by atoms with Gasteiger partial charge in [-0.3, -0.25) is 14.4 Å². The number of nitrogens with two attached hydrogens (primary N) is 1. The van der Waals surface area contributed by atoms with Crippen molar-refractivity contribution in [3.05, 3.63) is 0 Å². The topological polar surface area (TPSA) is 81.4 Å². The molecule has 0 heterocycles. The predicted octanol–water partition coefficient (Wildman–Crippen LogP) is 1.23. The van der Waals surface area contributed by atoms with E-state index < -0.39 is 17.7 Å². The van der Waals surface area contributed by atoms with Crippen LogP contribution in [0.1, 0.15) is 40.0 Å². The molecule has 3 N–H and O–H groups in total. The fraction of sp³-hybridized carbons (Fsp3) is 0.833. The molecule has 0 saturated heterocycles. The van der Waals surface area contributed by atoms with Crippen molar-refractivity contribution in [2.45, 2.75) is 40.0 Å². The second-order valence-electron chi connectivity index (χ2n) is 4.70. The van der Waals surface area contributed by atoms with Crippen molar-refractivity contribution in [1.82, 2.24) is 5.48 Å². The monoisotopic (exact) mass is 244 g/mol. The predicted molar refractivity (Wildman–Crippen MR) is 65.7 cm³/mol. The Morgan fingerprint density at radius 3 is 2.24 bits per heavy atom. The van der Waals surface area contributed by atoms with Crippen LogP contribution in [0.5, 0.6) is 0 Å². The van der Waals surface area contributed by atoms with E-state index in [0.29, 0.717) is 18.8 Å². The van der Waals surface area contributed by atoms with Crippen LogP contribution >= 0.6 is 0 Å². The van der Waals surface area contributed by atoms with Gasteiger partial charge in [0, 0.05) is 5.92 Å². The second kappa shape index (κ2) is 8.06. The van der Waals surface area contributed by atoms with Gasteiger partial charge in [0.25, 0.3) is 0 Å². The minimum absolute atomic E-state index is 0.265. The third kappa shape index (κ3) is 5.68. The van der Waals surface area contributed by atoms with Crippen molar-refractivity contribution in [3.63, 3.8) is 0 Å². The van der Waals surface area contributed by atoms with Crippen molar-refractivity contribution in [3.8, 4) is 0 Å². The summed E-state index contributed by atoms with van der Waals surface area (Å²) in [6.45, 7) is 5.99. The number of amides is 2. The van der Waals surface area contributed by atoms with Crippen molar-refractivity contribution in [2.24, 2.45) is 23.5 Å². The van der Waals surface area contributed by atoms with Crippen molar-refractivity contribution in [2.75, 3.05) is 7.11 Å². The average Bonchev–Trinajstić information content (AvgIpc) is 2.22. The molecule has 0 aliphatic rings. The van der Waals surface area contributed by atoms with E-state index in [2.05, 4.69) is 10.3 Å². The first-order chi connectivity index (χ1) is 7.93. The molecular weight excluding hydrogens is 220 g/mol. The van der Waals surface area contributed by atoms with Crippen LogP contribution < -0.4 is 11.2 Å². The molecular formula is C12H24N2O3. The molecule has 100 valence electrons. The SMILES string of the molecule is CCCC(C(=O)NOC)C(CC(C)C)C(N)=O. The number of hydrogen-bond donors (Lipinski definition) is 2. The van der Waals surface area contributed by atoms with Gasteiger partial charge in [-0.05, 0) is 18.8 Å². The number of hydroxylamine groups is 1. The summed E-state index contributed by atoms with van der Waals surface area (Å²) in [4.78, 5) is 27.9. The Kier molecular flexibility index (Phi) is 7.54. The van der Waals surface area contributed by atoms with E-state index in [0.717, 1.165) is 6.42 Å². The first-order valence-electron chi connectivity index (χ1n) is 6.06. The maximum atomic E-state index is 11.8. The zero-order chi connectivity index (χ0) is 13.4. The Labute approximate surface area is 103 Å². The molecule has 0 bridgehead atoms. The highest BCUT2D eigenvalue weighted by Gasteiger charge is 2.32. The minimum atomic E-state index is -0.426. The molecule has 5 heteroatoms. The van der Waals surface area contributed by atoms with E-state index in [9.17, 15) is 9.59 Å². The van der Waals surface area contributed by atoms with Crippen molar-refractivity contribution >= 4 is 11.8 Å². The van der Waals surface area contributed by atoms with Gasteiger partial charge < -0.3 is 5.73 Å². The first-order valence-corrected chi connectivity index (χ1v) is 6.06. The first kappa shape index (κ1) is 15.9. The molecule has 0 fully saturated rings. The van der Waals surface area contributed by atoms with Gasteiger partial charge in [-0.1, -0.05) is 27.2 Å². The summed E-state index contributed by atoms with van der Waals surface area (Å²) in [6.07, 6.45) is 2.08. The number of primary amides is 1. The van der Waals surface area contributed by atoms with Crippen LogP contribution in [-0.4, -0.2) is 18.9 Å². The molecule has 0 spiro atoms. The number of carbonyl (C=O) groups is 2. The lowest BCUT2D eigenvalue weighted by atomic mass is 9.82. The summed E-state index contributed by atoms with van der Waals surface area (Å²) in [5.74, 6) is -1.19. The fourth-order valence-corrected chi connectivity index (χ4v) is 1.99. The number of carbonyl (C=O) groups excluding carboxylic acids is 2. The highest BCUT2D eigenvalue weighted by Crippen LogP contribution is 2.24. The van der Waals surface area contributed by atoms with Gasteiger partial charge in [-0.25, -0.2) is 5.48 Å². The Morgan fingerprint density at radius 2 is 1.88 bits per heavy atom. The Balaban J connectivity index is 4.81. The molecule has 2 amide bonds. The molecule has 0 saturated carbocycles. The highest BCUT2D eigenvalue weighted by atomic mass is 16.6. The fourth-order valence-electron chi connectivity index (χ4n) is 1.99. The van der Waals surface area contributed by atoms with Gasteiger partial charge in [-0.15, -0.1) is 0 Å². The molecule has 0 aliphatic heterocycles. The summed E-state index contributed by atoms with van der Waals surface area (Å²) in [5, 5.41) is 0. The molecule has 0 aromatic heterocycles.